The lowest BCUT2D eigenvalue weighted by molar-refractivity contribution is 0.551. The topological polar surface area (TPSA) is 25.2 Å². The molecule has 0 bridgehead atoms. The minimum Gasteiger partial charge on any atom is -0.472 e. The van der Waals surface area contributed by atoms with Crippen LogP contribution in [0.15, 0.2) is 65.5 Å². The van der Waals surface area contributed by atoms with Crippen LogP contribution in [0.2, 0.25) is 0 Å². The Kier molecular flexibility index (Phi) is 4.37. The fourth-order valence-corrected chi connectivity index (χ4v) is 2.78. The summed E-state index contributed by atoms with van der Waals surface area (Å²) in [4.78, 5) is 0. The number of fused-ring (bicyclic) bond motifs is 1. The van der Waals surface area contributed by atoms with E-state index in [-0.39, 0.29) is 0 Å². The van der Waals surface area contributed by atoms with Gasteiger partial charge in [0, 0.05) is 6.04 Å². The van der Waals surface area contributed by atoms with Gasteiger partial charge < -0.3 is 9.73 Å². The zero-order valence-electron chi connectivity index (χ0n) is 12.4. The Morgan fingerprint density at radius 1 is 1.05 bits per heavy atom. The van der Waals surface area contributed by atoms with Crippen LogP contribution in [-0.4, -0.2) is 6.54 Å². The lowest BCUT2D eigenvalue weighted by Crippen LogP contribution is -2.20. The molecule has 0 spiro atoms. The first-order valence-electron chi connectivity index (χ1n) is 7.57. The zero-order chi connectivity index (χ0) is 14.5. The molecule has 1 atom stereocenters. The summed E-state index contributed by atoms with van der Waals surface area (Å²) in [6.07, 6.45) is 5.75. The Morgan fingerprint density at radius 2 is 1.90 bits per heavy atom. The van der Waals surface area contributed by atoms with Gasteiger partial charge >= 0.3 is 0 Å². The molecule has 0 fully saturated rings. The molecule has 2 aromatic carbocycles. The van der Waals surface area contributed by atoms with E-state index in [9.17, 15) is 0 Å². The fraction of sp³-hybridized carbons (Fsp3) is 0.263. The summed E-state index contributed by atoms with van der Waals surface area (Å²) in [7, 11) is 0. The minimum absolute atomic E-state index is 0.362. The van der Waals surface area contributed by atoms with Crippen molar-refractivity contribution in [3.05, 3.63) is 72.2 Å². The maximum atomic E-state index is 5.09. The van der Waals surface area contributed by atoms with Gasteiger partial charge in [-0.05, 0) is 54.3 Å². The van der Waals surface area contributed by atoms with Crippen molar-refractivity contribution >= 4 is 10.8 Å². The van der Waals surface area contributed by atoms with Crippen molar-refractivity contribution < 1.29 is 4.42 Å². The summed E-state index contributed by atoms with van der Waals surface area (Å²) in [6, 6.07) is 17.5. The second kappa shape index (κ2) is 6.59. The van der Waals surface area contributed by atoms with E-state index >= 15 is 0 Å². The summed E-state index contributed by atoms with van der Waals surface area (Å²) in [6.45, 7) is 3.25. The Labute approximate surface area is 125 Å². The number of hydrogen-bond acceptors (Lipinski definition) is 2. The first-order valence-corrected chi connectivity index (χ1v) is 7.57. The van der Waals surface area contributed by atoms with E-state index in [4.69, 9.17) is 4.42 Å². The predicted molar refractivity (Wildman–Crippen MR) is 87.4 cm³/mol. The van der Waals surface area contributed by atoms with Gasteiger partial charge in [-0.3, -0.25) is 0 Å². The quantitative estimate of drug-likeness (QED) is 0.661. The number of nitrogens with one attached hydrogen (secondary N) is 1. The van der Waals surface area contributed by atoms with E-state index in [1.165, 1.54) is 21.9 Å². The average Bonchev–Trinajstić information content (AvgIpc) is 3.04. The largest absolute Gasteiger partial charge is 0.472 e. The highest BCUT2D eigenvalue weighted by Crippen LogP contribution is 2.23. The van der Waals surface area contributed by atoms with Gasteiger partial charge in [-0.1, -0.05) is 42.5 Å². The van der Waals surface area contributed by atoms with Crippen LogP contribution in [0, 0.1) is 0 Å². The highest BCUT2D eigenvalue weighted by molar-refractivity contribution is 5.86. The van der Waals surface area contributed by atoms with E-state index < -0.39 is 0 Å². The molecule has 1 unspecified atom stereocenters. The monoisotopic (exact) mass is 279 g/mol. The molecule has 0 amide bonds. The molecule has 3 rings (SSSR count). The molecule has 0 aliphatic rings. The molecule has 3 aromatic rings. The third-order valence-electron chi connectivity index (χ3n) is 3.96. The van der Waals surface area contributed by atoms with Crippen LogP contribution >= 0.6 is 0 Å². The Balaban J connectivity index is 1.60. The molecule has 0 saturated carbocycles. The van der Waals surface area contributed by atoms with Crippen LogP contribution in [0.3, 0.4) is 0 Å². The molecule has 21 heavy (non-hydrogen) atoms. The number of aryl methyl sites for hydroxylation is 1. The molecule has 0 aliphatic carbocycles. The molecule has 2 nitrogen and oxygen atoms in total. The van der Waals surface area contributed by atoms with Gasteiger partial charge in [0.25, 0.3) is 0 Å². The first kappa shape index (κ1) is 13.9. The molecule has 1 N–H and O–H groups in total. The van der Waals surface area contributed by atoms with Gasteiger partial charge in [0.05, 0.1) is 12.5 Å². The Morgan fingerprint density at radius 3 is 2.76 bits per heavy atom. The molecule has 0 saturated heterocycles. The molecule has 108 valence electrons. The van der Waals surface area contributed by atoms with Crippen molar-refractivity contribution in [1.82, 2.24) is 5.32 Å². The lowest BCUT2D eigenvalue weighted by Gasteiger charge is -2.16. The molecule has 2 heteroatoms. The van der Waals surface area contributed by atoms with Crippen LogP contribution < -0.4 is 5.32 Å². The Bertz CT molecular complexity index is 682. The normalized spacial score (nSPS) is 12.6. The van der Waals surface area contributed by atoms with Crippen LogP contribution in [0.1, 0.15) is 30.5 Å². The van der Waals surface area contributed by atoms with E-state index in [2.05, 4.69) is 54.7 Å². The van der Waals surface area contributed by atoms with Crippen molar-refractivity contribution in [2.45, 2.75) is 25.8 Å². The SMILES string of the molecule is CC(NCCCc1ccoc1)c1cccc2ccccc12. The maximum Gasteiger partial charge on any atom is 0.0934 e. The van der Waals surface area contributed by atoms with Gasteiger partial charge in [0.1, 0.15) is 0 Å². The van der Waals surface area contributed by atoms with Crippen LogP contribution in [-0.2, 0) is 6.42 Å². The second-order valence-electron chi connectivity index (χ2n) is 5.48. The zero-order valence-corrected chi connectivity index (χ0v) is 12.4. The van der Waals surface area contributed by atoms with Crippen molar-refractivity contribution in [3.63, 3.8) is 0 Å². The lowest BCUT2D eigenvalue weighted by atomic mass is 9.99. The highest BCUT2D eigenvalue weighted by Gasteiger charge is 2.08. The van der Waals surface area contributed by atoms with Crippen molar-refractivity contribution in [1.29, 1.82) is 0 Å². The van der Waals surface area contributed by atoms with Crippen LogP contribution in [0.5, 0.6) is 0 Å². The van der Waals surface area contributed by atoms with Crippen molar-refractivity contribution in [2.75, 3.05) is 6.54 Å². The number of hydrogen-bond donors (Lipinski definition) is 1. The van der Waals surface area contributed by atoms with E-state index in [0.29, 0.717) is 6.04 Å². The number of furan rings is 1. The van der Waals surface area contributed by atoms with Gasteiger partial charge in [0.2, 0.25) is 0 Å². The molecule has 0 radical (unpaired) electrons. The summed E-state index contributed by atoms with van der Waals surface area (Å²) in [5.41, 5.74) is 2.64. The van der Waals surface area contributed by atoms with Gasteiger partial charge in [-0.15, -0.1) is 0 Å². The molecular formula is C19H21NO. The fourth-order valence-electron chi connectivity index (χ4n) is 2.78. The smallest absolute Gasteiger partial charge is 0.0934 e. The summed E-state index contributed by atoms with van der Waals surface area (Å²) >= 11 is 0. The molecule has 0 aliphatic heterocycles. The summed E-state index contributed by atoms with van der Waals surface area (Å²) < 4.78 is 5.09. The first-order chi connectivity index (χ1) is 10.3. The van der Waals surface area contributed by atoms with Crippen LogP contribution in [0.4, 0.5) is 0 Å². The molecular weight excluding hydrogens is 258 g/mol. The number of rotatable bonds is 6. The molecule has 1 aromatic heterocycles. The summed E-state index contributed by atoms with van der Waals surface area (Å²) in [5.74, 6) is 0. The Hall–Kier alpha value is -2.06. The standard InChI is InChI=1S/C19H21NO/c1-15(20-12-5-6-16-11-13-21-14-16)18-10-4-8-17-7-2-3-9-19(17)18/h2-4,7-11,13-15,20H,5-6,12H2,1H3. The van der Waals surface area contributed by atoms with Gasteiger partial charge in [-0.25, -0.2) is 0 Å². The van der Waals surface area contributed by atoms with E-state index in [1.807, 2.05) is 12.3 Å². The third-order valence-corrected chi connectivity index (χ3v) is 3.96. The highest BCUT2D eigenvalue weighted by atomic mass is 16.3. The second-order valence-corrected chi connectivity index (χ2v) is 5.48. The number of benzene rings is 2. The molecule has 1 heterocycles. The predicted octanol–water partition coefficient (Wildman–Crippen LogP) is 4.72. The van der Waals surface area contributed by atoms with Crippen molar-refractivity contribution in [3.8, 4) is 0 Å². The van der Waals surface area contributed by atoms with Gasteiger partial charge in [-0.2, -0.15) is 0 Å². The van der Waals surface area contributed by atoms with Gasteiger partial charge in [0.15, 0.2) is 0 Å². The maximum absolute atomic E-state index is 5.09. The summed E-state index contributed by atoms with van der Waals surface area (Å²) in [5, 5.41) is 6.27. The van der Waals surface area contributed by atoms with E-state index in [0.717, 1.165) is 19.4 Å². The minimum atomic E-state index is 0.362. The van der Waals surface area contributed by atoms with E-state index in [1.54, 1.807) is 6.26 Å². The van der Waals surface area contributed by atoms with Crippen LogP contribution in [0.25, 0.3) is 10.8 Å². The van der Waals surface area contributed by atoms with Crippen molar-refractivity contribution in [2.24, 2.45) is 0 Å². The average molecular weight is 279 g/mol. The third kappa shape index (κ3) is 3.34.